The molecule has 0 aliphatic heterocycles. The van der Waals surface area contributed by atoms with Crippen LogP contribution in [0.2, 0.25) is 0 Å². The minimum Gasteiger partial charge on any atom is -0.372 e. The van der Waals surface area contributed by atoms with Crippen molar-refractivity contribution in [1.82, 2.24) is 0 Å². The van der Waals surface area contributed by atoms with Gasteiger partial charge in [-0.1, -0.05) is 0 Å². The fourth-order valence-electron chi connectivity index (χ4n) is 0.279. The lowest BCUT2D eigenvalue weighted by Crippen LogP contribution is -2.05. The molecule has 0 aliphatic rings. The number of ether oxygens (including phenoxy) is 1. The zero-order valence-electron chi connectivity index (χ0n) is 5.45. The number of hydrogen-bond donors (Lipinski definition) is 0. The zero-order valence-corrected chi connectivity index (χ0v) is 5.45. The molecule has 0 rings (SSSR count). The summed E-state index contributed by atoms with van der Waals surface area (Å²) in [5.74, 6) is 0. The lowest BCUT2D eigenvalue weighted by molar-refractivity contribution is 0.178. The molecule has 0 aliphatic carbocycles. The van der Waals surface area contributed by atoms with E-state index >= 15 is 0 Å². The lowest BCUT2D eigenvalue weighted by Gasteiger charge is -2.06. The molecule has 0 bridgehead atoms. The maximum Gasteiger partial charge on any atom is 0.271 e. The summed E-state index contributed by atoms with van der Waals surface area (Å²) in [6.45, 7) is 2.83. The fourth-order valence-corrected chi connectivity index (χ4v) is 0.279. The highest BCUT2D eigenvalue weighted by molar-refractivity contribution is 5.03. The summed E-state index contributed by atoms with van der Waals surface area (Å²) in [6, 6.07) is 0. The van der Waals surface area contributed by atoms with Gasteiger partial charge in [-0.15, -0.1) is 0 Å². The molecular formula is C6H9F2O. The molecule has 0 N–H and O–H groups in total. The van der Waals surface area contributed by atoms with E-state index in [1.165, 1.54) is 13.8 Å². The molecule has 0 aromatic rings. The molecule has 0 heterocycles. The molecule has 9 heavy (non-hydrogen) atoms. The molecule has 1 radical (unpaired) electrons. The first-order valence-electron chi connectivity index (χ1n) is 2.52. The standard InChI is InChI=1S/C6H9F2O/c1-4(6(7)8)5(2)9-3/h5H,3H2,1-2H3. The second kappa shape index (κ2) is 3.56. The molecular weight excluding hydrogens is 126 g/mol. The molecule has 1 nitrogen and oxygen atoms in total. The predicted octanol–water partition coefficient (Wildman–Crippen LogP) is 2.35. The van der Waals surface area contributed by atoms with Crippen molar-refractivity contribution in [1.29, 1.82) is 0 Å². The van der Waals surface area contributed by atoms with Crippen molar-refractivity contribution in [3.05, 3.63) is 18.8 Å². The number of rotatable bonds is 2. The number of hydrogen-bond acceptors (Lipinski definition) is 1. The van der Waals surface area contributed by atoms with Crippen molar-refractivity contribution in [3.63, 3.8) is 0 Å². The smallest absolute Gasteiger partial charge is 0.271 e. The van der Waals surface area contributed by atoms with Gasteiger partial charge < -0.3 is 4.74 Å². The molecule has 1 unspecified atom stereocenters. The van der Waals surface area contributed by atoms with Crippen molar-refractivity contribution in [2.45, 2.75) is 20.0 Å². The normalized spacial score (nSPS) is 13.0. The van der Waals surface area contributed by atoms with Gasteiger partial charge in [0.1, 0.15) is 0 Å². The van der Waals surface area contributed by atoms with E-state index in [0.29, 0.717) is 0 Å². The van der Waals surface area contributed by atoms with E-state index < -0.39 is 12.2 Å². The van der Waals surface area contributed by atoms with Crippen LogP contribution in [-0.2, 0) is 4.74 Å². The van der Waals surface area contributed by atoms with Crippen molar-refractivity contribution < 1.29 is 13.5 Å². The van der Waals surface area contributed by atoms with Gasteiger partial charge in [-0.2, -0.15) is 8.78 Å². The molecule has 3 heteroatoms. The Labute approximate surface area is 53.3 Å². The second-order valence-corrected chi connectivity index (χ2v) is 1.75. The van der Waals surface area contributed by atoms with E-state index in [2.05, 4.69) is 11.8 Å². The van der Waals surface area contributed by atoms with Crippen molar-refractivity contribution in [2.24, 2.45) is 0 Å². The molecule has 0 spiro atoms. The fraction of sp³-hybridized carbons (Fsp3) is 0.500. The van der Waals surface area contributed by atoms with Gasteiger partial charge in [-0.3, -0.25) is 0 Å². The van der Waals surface area contributed by atoms with E-state index in [1.807, 2.05) is 0 Å². The van der Waals surface area contributed by atoms with Gasteiger partial charge in [0.2, 0.25) is 0 Å². The third-order valence-corrected chi connectivity index (χ3v) is 1.16. The Kier molecular flexibility index (Phi) is 3.39. The highest BCUT2D eigenvalue weighted by atomic mass is 19.3. The largest absolute Gasteiger partial charge is 0.372 e. The van der Waals surface area contributed by atoms with Crippen LogP contribution < -0.4 is 0 Å². The van der Waals surface area contributed by atoms with Crippen LogP contribution in [0.5, 0.6) is 0 Å². The van der Waals surface area contributed by atoms with E-state index in [0.717, 1.165) is 0 Å². The summed E-state index contributed by atoms with van der Waals surface area (Å²) in [6.07, 6.45) is -2.28. The average Bonchev–Trinajstić information content (AvgIpc) is 1.84. The highest BCUT2D eigenvalue weighted by Gasteiger charge is 2.07. The van der Waals surface area contributed by atoms with Crippen LogP contribution in [0.3, 0.4) is 0 Å². The van der Waals surface area contributed by atoms with Crippen LogP contribution in [0.25, 0.3) is 0 Å². The van der Waals surface area contributed by atoms with Crippen LogP contribution in [0, 0.1) is 7.11 Å². The summed E-state index contributed by atoms with van der Waals surface area (Å²) in [4.78, 5) is 0. The number of halogens is 2. The molecule has 53 valence electrons. The molecule has 0 aromatic carbocycles. The Morgan fingerprint density at radius 1 is 1.56 bits per heavy atom. The molecule has 0 amide bonds. The quantitative estimate of drug-likeness (QED) is 0.564. The first-order valence-corrected chi connectivity index (χ1v) is 2.52. The van der Waals surface area contributed by atoms with Crippen LogP contribution in [-0.4, -0.2) is 6.10 Å². The molecule has 0 saturated heterocycles. The predicted molar refractivity (Wildman–Crippen MR) is 30.8 cm³/mol. The lowest BCUT2D eigenvalue weighted by atomic mass is 10.2. The maximum atomic E-state index is 11.6. The molecule has 0 fully saturated rings. The van der Waals surface area contributed by atoms with E-state index in [-0.39, 0.29) is 5.57 Å². The Morgan fingerprint density at radius 3 is 2.11 bits per heavy atom. The molecule has 0 saturated carbocycles. The Morgan fingerprint density at radius 2 is 2.00 bits per heavy atom. The van der Waals surface area contributed by atoms with Gasteiger partial charge in [-0.05, 0) is 13.8 Å². The third kappa shape index (κ3) is 2.56. The second-order valence-electron chi connectivity index (χ2n) is 1.75. The van der Waals surface area contributed by atoms with Crippen LogP contribution >= 0.6 is 0 Å². The minimum atomic E-state index is -1.69. The van der Waals surface area contributed by atoms with Gasteiger partial charge >= 0.3 is 0 Å². The van der Waals surface area contributed by atoms with E-state index in [1.54, 1.807) is 0 Å². The summed E-state index contributed by atoms with van der Waals surface area (Å²) >= 11 is 0. The minimum absolute atomic E-state index is 0.0648. The van der Waals surface area contributed by atoms with Crippen molar-refractivity contribution in [2.75, 3.05) is 0 Å². The summed E-state index contributed by atoms with van der Waals surface area (Å²) in [5, 5.41) is 0. The monoisotopic (exact) mass is 135 g/mol. The maximum absolute atomic E-state index is 11.6. The first-order chi connectivity index (χ1) is 4.09. The summed E-state index contributed by atoms with van der Waals surface area (Å²) in [7, 11) is 3.02. The van der Waals surface area contributed by atoms with Gasteiger partial charge in [0.25, 0.3) is 6.08 Å². The van der Waals surface area contributed by atoms with Gasteiger partial charge in [0, 0.05) is 5.57 Å². The SMILES string of the molecule is [CH2]OC(C)C(C)=C(F)F. The summed E-state index contributed by atoms with van der Waals surface area (Å²) < 4.78 is 27.7. The Bertz CT molecular complexity index is 116. The van der Waals surface area contributed by atoms with Crippen LogP contribution in [0.4, 0.5) is 8.78 Å². The topological polar surface area (TPSA) is 9.23 Å². The van der Waals surface area contributed by atoms with Crippen molar-refractivity contribution >= 4 is 0 Å². The zero-order chi connectivity index (χ0) is 7.44. The highest BCUT2D eigenvalue weighted by Crippen LogP contribution is 2.12. The van der Waals surface area contributed by atoms with Crippen LogP contribution in [0.1, 0.15) is 13.8 Å². The summed E-state index contributed by atoms with van der Waals surface area (Å²) in [5.41, 5.74) is -0.0648. The van der Waals surface area contributed by atoms with E-state index in [9.17, 15) is 8.78 Å². The Hall–Kier alpha value is -0.440. The van der Waals surface area contributed by atoms with Crippen molar-refractivity contribution in [3.8, 4) is 0 Å². The van der Waals surface area contributed by atoms with Gasteiger partial charge in [0.05, 0.1) is 13.2 Å². The first kappa shape index (κ1) is 8.56. The van der Waals surface area contributed by atoms with Gasteiger partial charge in [-0.25, -0.2) is 0 Å². The van der Waals surface area contributed by atoms with Gasteiger partial charge in [0.15, 0.2) is 0 Å². The third-order valence-electron chi connectivity index (χ3n) is 1.16. The average molecular weight is 135 g/mol. The molecule has 1 atom stereocenters. The Balaban J connectivity index is 4.02. The van der Waals surface area contributed by atoms with Crippen LogP contribution in [0.15, 0.2) is 11.7 Å². The van der Waals surface area contributed by atoms with E-state index in [4.69, 9.17) is 0 Å². The molecule has 0 aromatic heterocycles.